The Morgan fingerprint density at radius 2 is 2.15 bits per heavy atom. The van der Waals surface area contributed by atoms with Gasteiger partial charge < -0.3 is 20.3 Å². The molecule has 0 bridgehead atoms. The van der Waals surface area contributed by atoms with Gasteiger partial charge in [-0.15, -0.1) is 0 Å². The largest absolute Gasteiger partial charge is 0.368 e. The fraction of sp³-hybridized carbons (Fsp3) is 0.294. The van der Waals surface area contributed by atoms with Crippen LogP contribution in [0.25, 0.3) is 0 Å². The van der Waals surface area contributed by atoms with Crippen LogP contribution in [0.3, 0.4) is 0 Å². The number of nitrogens with one attached hydrogen (secondary N) is 2. The quantitative estimate of drug-likeness (QED) is 0.650. The van der Waals surface area contributed by atoms with Crippen LogP contribution >= 0.6 is 11.6 Å². The van der Waals surface area contributed by atoms with Crippen LogP contribution in [0.5, 0.6) is 0 Å². The zero-order chi connectivity index (χ0) is 20.4. The SMILES string of the molecule is CCNC(=O)C(F)(F)c1cn(C)c(C(O)Nc2ccc(F)c(C#N)c2)c1Cl. The van der Waals surface area contributed by atoms with E-state index in [0.717, 1.165) is 22.9 Å². The molecule has 0 saturated carbocycles. The number of rotatable bonds is 6. The number of aromatic nitrogens is 1. The number of aliphatic hydroxyl groups is 1. The number of likely N-dealkylation sites (N-methyl/N-ethyl adjacent to an activating group) is 1. The summed E-state index contributed by atoms with van der Waals surface area (Å²) in [6.07, 6.45) is -0.610. The zero-order valence-corrected chi connectivity index (χ0v) is 15.1. The Labute approximate surface area is 158 Å². The van der Waals surface area contributed by atoms with Gasteiger partial charge in [0.1, 0.15) is 11.9 Å². The first kappa shape index (κ1) is 20.6. The zero-order valence-electron chi connectivity index (χ0n) is 14.4. The highest BCUT2D eigenvalue weighted by atomic mass is 35.5. The predicted molar refractivity (Wildman–Crippen MR) is 92.7 cm³/mol. The fourth-order valence-electron chi connectivity index (χ4n) is 2.47. The van der Waals surface area contributed by atoms with Crippen molar-refractivity contribution in [2.24, 2.45) is 7.05 Å². The van der Waals surface area contributed by atoms with Gasteiger partial charge in [-0.25, -0.2) is 4.39 Å². The van der Waals surface area contributed by atoms with E-state index in [0.29, 0.717) is 0 Å². The minimum absolute atomic E-state index is 0.0156. The number of nitrogens with zero attached hydrogens (tertiary/aromatic N) is 2. The lowest BCUT2D eigenvalue weighted by molar-refractivity contribution is -0.146. The summed E-state index contributed by atoms with van der Waals surface area (Å²) in [6, 6.07) is 5.09. The molecule has 1 unspecified atom stereocenters. The summed E-state index contributed by atoms with van der Waals surface area (Å²) < 4.78 is 43.2. The van der Waals surface area contributed by atoms with E-state index < -0.39 is 34.5 Å². The van der Waals surface area contributed by atoms with Crippen LogP contribution in [0.4, 0.5) is 18.9 Å². The monoisotopic (exact) mass is 400 g/mol. The Balaban J connectivity index is 2.36. The third kappa shape index (κ3) is 4.02. The van der Waals surface area contributed by atoms with Crippen LogP contribution in [-0.4, -0.2) is 22.1 Å². The molecule has 3 N–H and O–H groups in total. The molecule has 0 radical (unpaired) electrons. The summed E-state index contributed by atoms with van der Waals surface area (Å²) in [6.45, 7) is 1.51. The summed E-state index contributed by atoms with van der Waals surface area (Å²) >= 11 is 6.01. The molecule has 1 atom stereocenters. The van der Waals surface area contributed by atoms with Gasteiger partial charge in [0.2, 0.25) is 0 Å². The average molecular weight is 401 g/mol. The second-order valence-corrected chi connectivity index (χ2v) is 6.02. The smallest absolute Gasteiger partial charge is 0.352 e. The van der Waals surface area contributed by atoms with Crippen LogP contribution in [0.2, 0.25) is 5.02 Å². The molecule has 0 spiro atoms. The lowest BCUT2D eigenvalue weighted by atomic mass is 10.1. The third-order valence-electron chi connectivity index (χ3n) is 3.77. The van der Waals surface area contributed by atoms with Gasteiger partial charge in [-0.2, -0.15) is 14.0 Å². The van der Waals surface area contributed by atoms with Crippen molar-refractivity contribution in [2.75, 3.05) is 11.9 Å². The number of alkyl halides is 2. The van der Waals surface area contributed by atoms with Crippen LogP contribution < -0.4 is 10.6 Å². The van der Waals surface area contributed by atoms with E-state index in [1.807, 2.05) is 5.32 Å². The second kappa shape index (κ2) is 7.90. The van der Waals surface area contributed by atoms with Gasteiger partial charge in [0, 0.05) is 25.5 Å². The van der Waals surface area contributed by atoms with Crippen molar-refractivity contribution in [3.8, 4) is 6.07 Å². The predicted octanol–water partition coefficient (Wildman–Crippen LogP) is 3.02. The van der Waals surface area contributed by atoms with E-state index >= 15 is 0 Å². The molecule has 1 amide bonds. The van der Waals surface area contributed by atoms with Crippen molar-refractivity contribution in [1.82, 2.24) is 9.88 Å². The van der Waals surface area contributed by atoms with E-state index in [1.165, 1.54) is 20.0 Å². The highest BCUT2D eigenvalue weighted by Crippen LogP contribution is 2.39. The number of aryl methyl sites for hydroxylation is 1. The molecule has 2 aromatic rings. The Morgan fingerprint density at radius 1 is 1.48 bits per heavy atom. The van der Waals surface area contributed by atoms with Gasteiger partial charge >= 0.3 is 5.92 Å². The number of hydrogen-bond acceptors (Lipinski definition) is 4. The van der Waals surface area contributed by atoms with Gasteiger partial charge in [-0.1, -0.05) is 11.6 Å². The van der Waals surface area contributed by atoms with Crippen molar-refractivity contribution >= 4 is 23.2 Å². The molecule has 1 aromatic heterocycles. The highest BCUT2D eigenvalue weighted by molar-refractivity contribution is 6.32. The normalized spacial score (nSPS) is 12.4. The van der Waals surface area contributed by atoms with Crippen LogP contribution in [0.15, 0.2) is 24.4 Å². The number of halogens is 4. The maximum atomic E-state index is 14.3. The van der Waals surface area contributed by atoms with E-state index in [9.17, 15) is 23.1 Å². The number of anilines is 1. The summed E-state index contributed by atoms with van der Waals surface area (Å²) in [5.74, 6) is -6.14. The van der Waals surface area contributed by atoms with Crippen LogP contribution in [0, 0.1) is 17.1 Å². The summed E-state index contributed by atoms with van der Waals surface area (Å²) in [5.41, 5.74) is -0.966. The molecule has 1 heterocycles. The fourth-order valence-corrected chi connectivity index (χ4v) is 2.87. The standard InChI is InChI=1S/C17H16ClF3N4O2/c1-3-23-16(27)17(20,21)11-8-25(2)14(13(11)18)15(26)24-10-4-5-12(19)9(6-10)7-22/h4-6,8,15,24,26H,3H2,1-2H3,(H,23,27). The first-order valence-corrected chi connectivity index (χ1v) is 8.16. The number of nitriles is 1. The van der Waals surface area contributed by atoms with Crippen molar-refractivity contribution in [2.45, 2.75) is 19.1 Å². The van der Waals surface area contributed by atoms with E-state index in [2.05, 4.69) is 5.32 Å². The molecule has 0 aliphatic carbocycles. The lowest BCUT2D eigenvalue weighted by Crippen LogP contribution is -2.37. The number of aliphatic hydroxyl groups excluding tert-OH is 1. The third-order valence-corrected chi connectivity index (χ3v) is 4.17. The minimum atomic E-state index is -3.90. The van der Waals surface area contributed by atoms with Crippen molar-refractivity contribution in [3.63, 3.8) is 0 Å². The number of carbonyl (C=O) groups excluding carboxylic acids is 1. The Bertz CT molecular complexity index is 908. The maximum absolute atomic E-state index is 14.3. The van der Waals surface area contributed by atoms with Gasteiger partial charge in [-0.05, 0) is 25.1 Å². The van der Waals surface area contributed by atoms with E-state index in [1.54, 1.807) is 6.07 Å². The molecule has 10 heteroatoms. The first-order chi connectivity index (χ1) is 12.6. The number of benzene rings is 1. The van der Waals surface area contributed by atoms with Crippen LogP contribution in [-0.2, 0) is 17.8 Å². The molecule has 2 rings (SSSR count). The molecule has 0 fully saturated rings. The topological polar surface area (TPSA) is 90.1 Å². The molecule has 0 saturated heterocycles. The average Bonchev–Trinajstić information content (AvgIpc) is 2.91. The molecule has 27 heavy (non-hydrogen) atoms. The van der Waals surface area contributed by atoms with Crippen LogP contribution in [0.1, 0.15) is 30.0 Å². The molecule has 1 aromatic carbocycles. The lowest BCUT2D eigenvalue weighted by Gasteiger charge is -2.17. The molecule has 6 nitrogen and oxygen atoms in total. The molecule has 0 aliphatic rings. The van der Waals surface area contributed by atoms with E-state index in [4.69, 9.17) is 16.9 Å². The Kier molecular flexibility index (Phi) is 6.03. The molecular formula is C17H16ClF3N4O2. The van der Waals surface area contributed by atoms with Crippen molar-refractivity contribution < 1.29 is 23.1 Å². The van der Waals surface area contributed by atoms with Gasteiger partial charge in [-0.3, -0.25) is 4.79 Å². The summed E-state index contributed by atoms with van der Waals surface area (Å²) in [4.78, 5) is 11.6. The second-order valence-electron chi connectivity index (χ2n) is 5.64. The van der Waals surface area contributed by atoms with Gasteiger partial charge in [0.15, 0.2) is 6.23 Å². The van der Waals surface area contributed by atoms with Crippen molar-refractivity contribution in [1.29, 1.82) is 5.26 Å². The Hall–Kier alpha value is -2.70. The number of amides is 1. The number of carbonyl (C=O) groups is 1. The number of hydrogen-bond donors (Lipinski definition) is 3. The molecule has 0 aliphatic heterocycles. The maximum Gasteiger partial charge on any atom is 0.352 e. The molecule has 144 valence electrons. The van der Waals surface area contributed by atoms with E-state index in [-0.39, 0.29) is 23.5 Å². The Morgan fingerprint density at radius 3 is 2.74 bits per heavy atom. The van der Waals surface area contributed by atoms with Gasteiger partial charge in [0.25, 0.3) is 5.91 Å². The minimum Gasteiger partial charge on any atom is -0.368 e. The summed E-state index contributed by atoms with van der Waals surface area (Å²) in [5, 5.41) is 23.3. The van der Waals surface area contributed by atoms with Gasteiger partial charge in [0.05, 0.1) is 21.8 Å². The molecular weight excluding hydrogens is 385 g/mol. The first-order valence-electron chi connectivity index (χ1n) is 7.79. The summed E-state index contributed by atoms with van der Waals surface area (Å²) in [7, 11) is 1.37. The highest BCUT2D eigenvalue weighted by Gasteiger charge is 2.44. The van der Waals surface area contributed by atoms with Crippen molar-refractivity contribution in [3.05, 3.63) is 52.1 Å².